The molecule has 0 saturated heterocycles. The minimum Gasteiger partial charge on any atom is -0.466 e. The van der Waals surface area contributed by atoms with Crippen LogP contribution >= 0.6 is 15.9 Å². The Morgan fingerprint density at radius 2 is 2.08 bits per heavy atom. The van der Waals surface area contributed by atoms with E-state index in [2.05, 4.69) is 27.3 Å². The van der Waals surface area contributed by atoms with Crippen molar-refractivity contribution in [2.45, 2.75) is 19.9 Å². The molecule has 1 aromatic heterocycles. The third kappa shape index (κ3) is 3.79. The van der Waals surface area contributed by atoms with E-state index in [1.165, 1.54) is 0 Å². The predicted octanol–water partition coefficient (Wildman–Crippen LogP) is 4.91. The number of carbonyl (C=O) groups excluding carboxylic acids is 1. The first kappa shape index (κ1) is 16.6. The number of halogens is 1. The SMILES string of the molecule is CCOC(=O)Cc1ccccc1NCc1cc(Br)c2occc2c1. The van der Waals surface area contributed by atoms with E-state index in [-0.39, 0.29) is 12.4 Å². The maximum atomic E-state index is 11.7. The molecule has 3 rings (SSSR count). The molecular formula is C19H18BrNO3. The van der Waals surface area contributed by atoms with E-state index in [0.717, 1.165) is 32.3 Å². The average Bonchev–Trinajstić information content (AvgIpc) is 3.03. The third-order valence-corrected chi connectivity index (χ3v) is 4.30. The third-order valence-electron chi connectivity index (χ3n) is 3.71. The number of rotatable bonds is 6. The van der Waals surface area contributed by atoms with Gasteiger partial charge < -0.3 is 14.5 Å². The number of nitrogens with one attached hydrogen (secondary N) is 1. The van der Waals surface area contributed by atoms with Crippen LogP contribution in [-0.4, -0.2) is 12.6 Å². The fourth-order valence-electron chi connectivity index (χ4n) is 2.61. The quantitative estimate of drug-likeness (QED) is 0.610. The Balaban J connectivity index is 1.75. The van der Waals surface area contributed by atoms with Crippen molar-refractivity contribution < 1.29 is 13.9 Å². The second-order valence-electron chi connectivity index (χ2n) is 5.41. The van der Waals surface area contributed by atoms with Gasteiger partial charge in [0, 0.05) is 17.6 Å². The summed E-state index contributed by atoms with van der Waals surface area (Å²) in [6.45, 7) is 2.86. The number of fused-ring (bicyclic) bond motifs is 1. The molecule has 0 atom stereocenters. The van der Waals surface area contributed by atoms with Gasteiger partial charge in [-0.25, -0.2) is 0 Å². The second kappa shape index (κ2) is 7.53. The van der Waals surface area contributed by atoms with E-state index in [0.29, 0.717) is 13.2 Å². The molecule has 1 N–H and O–H groups in total. The molecule has 5 heteroatoms. The molecule has 0 aliphatic carbocycles. The molecular weight excluding hydrogens is 370 g/mol. The van der Waals surface area contributed by atoms with Crippen LogP contribution in [0.1, 0.15) is 18.1 Å². The number of benzene rings is 2. The highest BCUT2D eigenvalue weighted by molar-refractivity contribution is 9.10. The second-order valence-corrected chi connectivity index (χ2v) is 6.26. The van der Waals surface area contributed by atoms with Gasteiger partial charge in [0.15, 0.2) is 0 Å². The minimum absolute atomic E-state index is 0.214. The highest BCUT2D eigenvalue weighted by Crippen LogP contribution is 2.27. The van der Waals surface area contributed by atoms with Crippen molar-refractivity contribution in [1.82, 2.24) is 0 Å². The number of hydrogen-bond donors (Lipinski definition) is 1. The summed E-state index contributed by atoms with van der Waals surface area (Å²) in [4.78, 5) is 11.7. The molecule has 0 radical (unpaired) electrons. The summed E-state index contributed by atoms with van der Waals surface area (Å²) in [5.74, 6) is -0.214. The smallest absolute Gasteiger partial charge is 0.310 e. The molecule has 0 fully saturated rings. The van der Waals surface area contributed by atoms with Crippen molar-refractivity contribution in [3.05, 3.63) is 64.3 Å². The number of esters is 1. The standard InChI is InChI=1S/C19H18BrNO3/c1-2-23-18(22)11-14-5-3-4-6-17(14)21-12-13-9-15-7-8-24-19(15)16(20)10-13/h3-10,21H,2,11-12H2,1H3. The first-order valence-electron chi connectivity index (χ1n) is 7.80. The van der Waals surface area contributed by atoms with Crippen LogP contribution in [0.25, 0.3) is 11.0 Å². The van der Waals surface area contributed by atoms with Crippen LogP contribution in [0.3, 0.4) is 0 Å². The largest absolute Gasteiger partial charge is 0.466 e. The van der Waals surface area contributed by atoms with E-state index in [1.807, 2.05) is 43.3 Å². The van der Waals surface area contributed by atoms with Gasteiger partial charge in [-0.2, -0.15) is 0 Å². The molecule has 0 bridgehead atoms. The van der Waals surface area contributed by atoms with Gasteiger partial charge in [0.25, 0.3) is 0 Å². The molecule has 1 heterocycles. The highest BCUT2D eigenvalue weighted by atomic mass is 79.9. The summed E-state index contributed by atoms with van der Waals surface area (Å²) in [6.07, 6.45) is 1.95. The van der Waals surface area contributed by atoms with Gasteiger partial charge in [0.2, 0.25) is 0 Å². The van der Waals surface area contributed by atoms with E-state index in [9.17, 15) is 4.79 Å². The van der Waals surface area contributed by atoms with Crippen molar-refractivity contribution in [2.75, 3.05) is 11.9 Å². The molecule has 2 aromatic carbocycles. The normalized spacial score (nSPS) is 10.8. The van der Waals surface area contributed by atoms with Crippen LogP contribution in [0.15, 0.2) is 57.6 Å². The lowest BCUT2D eigenvalue weighted by atomic mass is 10.1. The van der Waals surface area contributed by atoms with Gasteiger partial charge in [-0.15, -0.1) is 0 Å². The summed E-state index contributed by atoms with van der Waals surface area (Å²) in [6, 6.07) is 13.9. The highest BCUT2D eigenvalue weighted by Gasteiger charge is 2.09. The summed E-state index contributed by atoms with van der Waals surface area (Å²) >= 11 is 3.53. The van der Waals surface area contributed by atoms with Gasteiger partial charge in [-0.3, -0.25) is 4.79 Å². The zero-order valence-corrected chi connectivity index (χ0v) is 14.9. The van der Waals surface area contributed by atoms with Gasteiger partial charge in [0.05, 0.1) is 23.8 Å². The molecule has 4 nitrogen and oxygen atoms in total. The Morgan fingerprint density at radius 3 is 2.92 bits per heavy atom. The number of para-hydroxylation sites is 1. The van der Waals surface area contributed by atoms with Crippen molar-refractivity contribution >= 4 is 38.6 Å². The summed E-state index contributed by atoms with van der Waals surface area (Å²) in [5.41, 5.74) is 3.84. The zero-order valence-electron chi connectivity index (χ0n) is 13.3. The zero-order chi connectivity index (χ0) is 16.9. The lowest BCUT2D eigenvalue weighted by Gasteiger charge is -2.12. The lowest BCUT2D eigenvalue weighted by Crippen LogP contribution is -2.10. The van der Waals surface area contributed by atoms with E-state index >= 15 is 0 Å². The van der Waals surface area contributed by atoms with Crippen LogP contribution in [-0.2, 0) is 22.5 Å². The number of ether oxygens (including phenoxy) is 1. The monoisotopic (exact) mass is 387 g/mol. The van der Waals surface area contributed by atoms with E-state index < -0.39 is 0 Å². The first-order chi connectivity index (χ1) is 11.7. The number of carbonyl (C=O) groups is 1. The first-order valence-corrected chi connectivity index (χ1v) is 8.59. The maximum absolute atomic E-state index is 11.7. The van der Waals surface area contributed by atoms with Gasteiger partial charge >= 0.3 is 5.97 Å². The molecule has 0 amide bonds. The Kier molecular flexibility index (Phi) is 5.20. The van der Waals surface area contributed by atoms with Crippen molar-refractivity contribution in [3.8, 4) is 0 Å². The number of anilines is 1. The van der Waals surface area contributed by atoms with E-state index in [4.69, 9.17) is 9.15 Å². The molecule has 0 saturated carbocycles. The lowest BCUT2D eigenvalue weighted by molar-refractivity contribution is -0.142. The summed E-state index contributed by atoms with van der Waals surface area (Å²) < 4.78 is 11.4. The number of hydrogen-bond acceptors (Lipinski definition) is 4. The van der Waals surface area contributed by atoms with Crippen LogP contribution in [0, 0.1) is 0 Å². The van der Waals surface area contributed by atoms with Gasteiger partial charge in [-0.1, -0.05) is 18.2 Å². The molecule has 0 spiro atoms. The van der Waals surface area contributed by atoms with Crippen LogP contribution < -0.4 is 5.32 Å². The van der Waals surface area contributed by atoms with Crippen LogP contribution in [0.5, 0.6) is 0 Å². The Bertz CT molecular complexity index is 857. The fraction of sp³-hybridized carbons (Fsp3) is 0.211. The molecule has 0 aliphatic heterocycles. The Hall–Kier alpha value is -2.27. The van der Waals surface area contributed by atoms with Crippen LogP contribution in [0.4, 0.5) is 5.69 Å². The van der Waals surface area contributed by atoms with Crippen molar-refractivity contribution in [1.29, 1.82) is 0 Å². The number of furan rings is 1. The summed E-state index contributed by atoms with van der Waals surface area (Å²) in [7, 11) is 0. The summed E-state index contributed by atoms with van der Waals surface area (Å²) in [5, 5.41) is 4.46. The molecule has 3 aromatic rings. The minimum atomic E-state index is -0.214. The van der Waals surface area contributed by atoms with Crippen molar-refractivity contribution in [2.24, 2.45) is 0 Å². The molecule has 0 unspecified atom stereocenters. The Labute approximate surface area is 148 Å². The van der Waals surface area contributed by atoms with E-state index in [1.54, 1.807) is 6.26 Å². The van der Waals surface area contributed by atoms with Crippen LogP contribution in [0.2, 0.25) is 0 Å². The van der Waals surface area contributed by atoms with Crippen molar-refractivity contribution in [3.63, 3.8) is 0 Å². The fourth-order valence-corrected chi connectivity index (χ4v) is 3.23. The maximum Gasteiger partial charge on any atom is 0.310 e. The molecule has 24 heavy (non-hydrogen) atoms. The van der Waals surface area contributed by atoms with Gasteiger partial charge in [0.1, 0.15) is 5.58 Å². The predicted molar refractivity (Wildman–Crippen MR) is 98.0 cm³/mol. The topological polar surface area (TPSA) is 51.5 Å². The Morgan fingerprint density at radius 1 is 1.25 bits per heavy atom. The average molecular weight is 388 g/mol. The molecule has 124 valence electrons. The molecule has 0 aliphatic rings. The van der Waals surface area contributed by atoms with Gasteiger partial charge in [-0.05, 0) is 58.2 Å².